The smallest absolute Gasteiger partial charge is 0.231 e. The molecule has 2 saturated carbocycles. The minimum atomic E-state index is 0.305. The van der Waals surface area contributed by atoms with Gasteiger partial charge in [-0.3, -0.25) is 4.79 Å². The van der Waals surface area contributed by atoms with E-state index in [9.17, 15) is 4.79 Å². The summed E-state index contributed by atoms with van der Waals surface area (Å²) >= 11 is 2.32. The first kappa shape index (κ1) is 12.2. The summed E-state index contributed by atoms with van der Waals surface area (Å²) in [5.74, 6) is 2.92. The number of halogens is 1. The van der Waals surface area contributed by atoms with E-state index in [2.05, 4.69) is 45.7 Å². The Morgan fingerprint density at radius 2 is 2.16 bits per heavy atom. The molecule has 1 aromatic rings. The van der Waals surface area contributed by atoms with E-state index in [4.69, 9.17) is 0 Å². The zero-order valence-electron chi connectivity index (χ0n) is 10.9. The van der Waals surface area contributed by atoms with Gasteiger partial charge in [0.2, 0.25) is 5.91 Å². The van der Waals surface area contributed by atoms with Crippen LogP contribution in [0.5, 0.6) is 0 Å². The van der Waals surface area contributed by atoms with Gasteiger partial charge in [0.25, 0.3) is 0 Å². The van der Waals surface area contributed by atoms with Crippen LogP contribution in [-0.2, 0) is 11.2 Å². The van der Waals surface area contributed by atoms with E-state index in [-0.39, 0.29) is 0 Å². The van der Waals surface area contributed by atoms with E-state index in [1.54, 1.807) is 0 Å². The highest BCUT2D eigenvalue weighted by atomic mass is 127. The van der Waals surface area contributed by atoms with Crippen molar-refractivity contribution in [2.45, 2.75) is 32.1 Å². The molecule has 3 heteroatoms. The minimum Gasteiger partial charge on any atom is -0.312 e. The summed E-state index contributed by atoms with van der Waals surface area (Å²) < 4.78 is 1.23. The fourth-order valence-electron chi connectivity index (χ4n) is 4.39. The Kier molecular flexibility index (Phi) is 2.87. The number of carbonyl (C=O) groups is 1. The van der Waals surface area contributed by atoms with Gasteiger partial charge >= 0.3 is 0 Å². The zero-order chi connectivity index (χ0) is 13.0. The predicted molar refractivity (Wildman–Crippen MR) is 84.2 cm³/mol. The molecule has 2 bridgehead atoms. The van der Waals surface area contributed by atoms with Crippen LogP contribution < -0.4 is 4.90 Å². The maximum Gasteiger partial charge on any atom is 0.231 e. The summed E-state index contributed by atoms with van der Waals surface area (Å²) in [5, 5.41) is 0. The molecule has 3 unspecified atom stereocenters. The SMILES string of the molecule is O=C1Cc2cc(I)ccc2N1CC1CC2CCC1C2. The molecule has 3 atom stereocenters. The summed E-state index contributed by atoms with van der Waals surface area (Å²) in [6.45, 7) is 0.966. The van der Waals surface area contributed by atoms with Crippen LogP contribution >= 0.6 is 22.6 Å². The molecule has 2 fully saturated rings. The van der Waals surface area contributed by atoms with Crippen LogP contribution in [-0.4, -0.2) is 12.5 Å². The van der Waals surface area contributed by atoms with E-state index < -0.39 is 0 Å². The van der Waals surface area contributed by atoms with Crippen LogP contribution in [0.4, 0.5) is 5.69 Å². The number of benzene rings is 1. The fraction of sp³-hybridized carbons (Fsp3) is 0.562. The van der Waals surface area contributed by atoms with Gasteiger partial charge in [-0.2, -0.15) is 0 Å². The molecular formula is C16H18INO. The van der Waals surface area contributed by atoms with Crippen molar-refractivity contribution in [1.82, 2.24) is 0 Å². The highest BCUT2D eigenvalue weighted by Crippen LogP contribution is 2.49. The van der Waals surface area contributed by atoms with Crippen molar-refractivity contribution in [3.8, 4) is 0 Å². The lowest BCUT2D eigenvalue weighted by Gasteiger charge is -2.27. The van der Waals surface area contributed by atoms with E-state index in [0.717, 1.165) is 24.3 Å². The standard InChI is InChI=1S/C16H18INO/c17-14-3-4-15-12(7-14)8-16(19)18(15)9-13-6-10-1-2-11(13)5-10/h3-4,7,10-11,13H,1-2,5-6,8-9H2. The second-order valence-electron chi connectivity index (χ2n) is 6.39. The Labute approximate surface area is 127 Å². The second kappa shape index (κ2) is 4.47. The van der Waals surface area contributed by atoms with Gasteiger partial charge < -0.3 is 4.90 Å². The molecule has 1 aliphatic heterocycles. The fourth-order valence-corrected chi connectivity index (χ4v) is 4.94. The first-order valence-corrected chi connectivity index (χ1v) is 8.37. The maximum absolute atomic E-state index is 12.3. The third-order valence-corrected chi connectivity index (χ3v) is 5.95. The third-order valence-electron chi connectivity index (χ3n) is 5.28. The average Bonchev–Trinajstić information content (AvgIpc) is 3.05. The quantitative estimate of drug-likeness (QED) is 0.732. The van der Waals surface area contributed by atoms with Crippen molar-refractivity contribution < 1.29 is 4.79 Å². The first-order chi connectivity index (χ1) is 9.20. The first-order valence-electron chi connectivity index (χ1n) is 7.29. The number of anilines is 1. The lowest BCUT2D eigenvalue weighted by atomic mass is 9.88. The van der Waals surface area contributed by atoms with Crippen LogP contribution in [0.3, 0.4) is 0 Å². The van der Waals surface area contributed by atoms with Crippen molar-refractivity contribution >= 4 is 34.2 Å². The Morgan fingerprint density at radius 1 is 1.26 bits per heavy atom. The Hall–Kier alpha value is -0.580. The monoisotopic (exact) mass is 367 g/mol. The zero-order valence-corrected chi connectivity index (χ0v) is 13.1. The molecule has 4 rings (SSSR count). The Bertz CT molecular complexity index is 542. The van der Waals surface area contributed by atoms with Gasteiger partial charge in [-0.25, -0.2) is 0 Å². The van der Waals surface area contributed by atoms with E-state index in [1.165, 1.54) is 40.5 Å². The summed E-state index contributed by atoms with van der Waals surface area (Å²) in [7, 11) is 0. The van der Waals surface area contributed by atoms with Crippen molar-refractivity contribution in [1.29, 1.82) is 0 Å². The van der Waals surface area contributed by atoms with Gasteiger partial charge in [0.05, 0.1) is 6.42 Å². The number of rotatable bonds is 2. The van der Waals surface area contributed by atoms with E-state index in [1.807, 2.05) is 0 Å². The number of fused-ring (bicyclic) bond motifs is 3. The molecule has 1 aromatic carbocycles. The highest BCUT2D eigenvalue weighted by molar-refractivity contribution is 14.1. The van der Waals surface area contributed by atoms with Crippen LogP contribution in [0.1, 0.15) is 31.2 Å². The molecular weight excluding hydrogens is 349 g/mol. The second-order valence-corrected chi connectivity index (χ2v) is 7.63. The summed E-state index contributed by atoms with van der Waals surface area (Å²) in [5.41, 5.74) is 2.40. The lowest BCUT2D eigenvalue weighted by Crippen LogP contribution is -2.34. The maximum atomic E-state index is 12.3. The molecule has 2 aliphatic carbocycles. The van der Waals surface area contributed by atoms with Crippen molar-refractivity contribution in [3.63, 3.8) is 0 Å². The average molecular weight is 367 g/mol. The molecule has 100 valence electrons. The summed E-state index contributed by atoms with van der Waals surface area (Å²) in [6, 6.07) is 6.41. The largest absolute Gasteiger partial charge is 0.312 e. The van der Waals surface area contributed by atoms with Crippen LogP contribution in [0.15, 0.2) is 18.2 Å². The van der Waals surface area contributed by atoms with Crippen molar-refractivity contribution in [2.75, 3.05) is 11.4 Å². The van der Waals surface area contributed by atoms with Crippen LogP contribution in [0.2, 0.25) is 0 Å². The Morgan fingerprint density at radius 3 is 2.89 bits per heavy atom. The molecule has 19 heavy (non-hydrogen) atoms. The number of carbonyl (C=O) groups excluding carboxylic acids is 1. The van der Waals surface area contributed by atoms with Crippen molar-refractivity contribution in [3.05, 3.63) is 27.3 Å². The predicted octanol–water partition coefficient (Wildman–Crippen LogP) is 3.62. The topological polar surface area (TPSA) is 20.3 Å². The minimum absolute atomic E-state index is 0.305. The molecule has 0 spiro atoms. The third kappa shape index (κ3) is 2.01. The van der Waals surface area contributed by atoms with Gasteiger partial charge in [0.1, 0.15) is 0 Å². The molecule has 3 aliphatic rings. The van der Waals surface area contributed by atoms with Gasteiger partial charge in [-0.1, -0.05) is 6.42 Å². The molecule has 1 heterocycles. The molecule has 2 nitrogen and oxygen atoms in total. The summed E-state index contributed by atoms with van der Waals surface area (Å²) in [4.78, 5) is 14.3. The normalized spacial score (nSPS) is 32.2. The Balaban J connectivity index is 1.57. The molecule has 0 N–H and O–H groups in total. The number of hydrogen-bond donors (Lipinski definition) is 0. The number of hydrogen-bond acceptors (Lipinski definition) is 1. The van der Waals surface area contributed by atoms with E-state index >= 15 is 0 Å². The van der Waals surface area contributed by atoms with E-state index in [0.29, 0.717) is 12.3 Å². The molecule has 0 saturated heterocycles. The number of nitrogens with zero attached hydrogens (tertiary/aromatic N) is 1. The van der Waals surface area contributed by atoms with Crippen LogP contribution in [0.25, 0.3) is 0 Å². The van der Waals surface area contributed by atoms with Crippen LogP contribution in [0, 0.1) is 21.3 Å². The van der Waals surface area contributed by atoms with Gasteiger partial charge in [-0.15, -0.1) is 0 Å². The van der Waals surface area contributed by atoms with Gasteiger partial charge in [0, 0.05) is 15.8 Å². The van der Waals surface area contributed by atoms with Gasteiger partial charge in [-0.05, 0) is 83.4 Å². The molecule has 1 amide bonds. The number of amides is 1. The van der Waals surface area contributed by atoms with Gasteiger partial charge in [0.15, 0.2) is 0 Å². The highest BCUT2D eigenvalue weighted by Gasteiger charge is 2.41. The molecule has 0 aromatic heterocycles. The lowest BCUT2D eigenvalue weighted by molar-refractivity contribution is -0.117. The van der Waals surface area contributed by atoms with Crippen molar-refractivity contribution in [2.24, 2.45) is 17.8 Å². The summed E-state index contributed by atoms with van der Waals surface area (Å²) in [6.07, 6.45) is 6.22. The molecule has 0 radical (unpaired) electrons.